The van der Waals surface area contributed by atoms with Gasteiger partial charge in [0, 0.05) is 31.7 Å². The van der Waals surface area contributed by atoms with Gasteiger partial charge in [0.1, 0.15) is 5.75 Å². The van der Waals surface area contributed by atoms with E-state index in [1.807, 2.05) is 53.4 Å². The minimum atomic E-state index is -0.0152. The van der Waals surface area contributed by atoms with Crippen LogP contribution in [0.15, 0.2) is 48.5 Å². The number of carbonyl (C=O) groups excluding carboxylic acids is 1. The van der Waals surface area contributed by atoms with Crippen LogP contribution >= 0.6 is 11.3 Å². The lowest BCUT2D eigenvalue weighted by Gasteiger charge is -2.27. The molecule has 0 N–H and O–H groups in total. The van der Waals surface area contributed by atoms with E-state index in [2.05, 4.69) is 4.90 Å². The summed E-state index contributed by atoms with van der Waals surface area (Å²) in [5.41, 5.74) is 1.56. The van der Waals surface area contributed by atoms with E-state index in [0.717, 1.165) is 60.4 Å². The Morgan fingerprint density at radius 2 is 2.00 bits per heavy atom. The number of nitrogens with zero attached hydrogens (tertiary/aromatic N) is 3. The average molecular weight is 412 g/mol. The Morgan fingerprint density at radius 3 is 2.76 bits per heavy atom. The number of benzene rings is 2. The molecule has 1 saturated heterocycles. The molecule has 1 aromatic heterocycles. The highest BCUT2D eigenvalue weighted by molar-refractivity contribution is 7.22. The highest BCUT2D eigenvalue weighted by Gasteiger charge is 2.22. The Bertz CT molecular complexity index is 954. The summed E-state index contributed by atoms with van der Waals surface area (Å²) in [7, 11) is 1.65. The van der Waals surface area contributed by atoms with Crippen LogP contribution in [0.25, 0.3) is 10.2 Å². The normalized spacial score (nSPS) is 14.8. The molecular formula is C22H25N3O3S. The van der Waals surface area contributed by atoms with Gasteiger partial charge in [0.15, 0.2) is 5.13 Å². The van der Waals surface area contributed by atoms with Gasteiger partial charge >= 0.3 is 0 Å². The SMILES string of the molecule is COc1ccc2nc(N(CCCN3CCOCC3)C(=O)c3ccccc3)sc2c1. The summed E-state index contributed by atoms with van der Waals surface area (Å²) in [6.45, 7) is 5.04. The third-order valence-electron chi connectivity index (χ3n) is 5.04. The zero-order chi connectivity index (χ0) is 20.1. The maximum atomic E-state index is 13.3. The summed E-state index contributed by atoms with van der Waals surface area (Å²) in [5.74, 6) is 0.777. The predicted molar refractivity (Wildman–Crippen MR) is 116 cm³/mol. The van der Waals surface area contributed by atoms with Crippen molar-refractivity contribution in [1.29, 1.82) is 0 Å². The first kappa shape index (κ1) is 19.8. The van der Waals surface area contributed by atoms with Crippen molar-refractivity contribution in [2.45, 2.75) is 6.42 Å². The molecule has 0 spiro atoms. The van der Waals surface area contributed by atoms with Crippen LogP contribution in [0.4, 0.5) is 5.13 Å². The van der Waals surface area contributed by atoms with Gasteiger partial charge in [-0.1, -0.05) is 29.5 Å². The van der Waals surface area contributed by atoms with Crippen LogP contribution < -0.4 is 9.64 Å². The molecule has 1 fully saturated rings. The van der Waals surface area contributed by atoms with Crippen molar-refractivity contribution < 1.29 is 14.3 Å². The van der Waals surface area contributed by atoms with E-state index in [1.165, 1.54) is 11.3 Å². The monoisotopic (exact) mass is 411 g/mol. The van der Waals surface area contributed by atoms with E-state index < -0.39 is 0 Å². The van der Waals surface area contributed by atoms with E-state index >= 15 is 0 Å². The Balaban J connectivity index is 1.56. The van der Waals surface area contributed by atoms with Crippen LogP contribution in [0.3, 0.4) is 0 Å². The molecule has 2 aromatic carbocycles. The van der Waals surface area contributed by atoms with E-state index in [4.69, 9.17) is 14.5 Å². The van der Waals surface area contributed by atoms with Gasteiger partial charge in [0.2, 0.25) is 0 Å². The lowest BCUT2D eigenvalue weighted by atomic mass is 10.2. The van der Waals surface area contributed by atoms with Crippen LogP contribution in [-0.2, 0) is 4.74 Å². The Kier molecular flexibility index (Phi) is 6.39. The Labute approximate surface area is 174 Å². The first-order valence-corrected chi connectivity index (χ1v) is 10.7. The molecule has 0 saturated carbocycles. The number of fused-ring (bicyclic) bond motifs is 1. The number of aromatic nitrogens is 1. The largest absolute Gasteiger partial charge is 0.497 e. The molecule has 6 nitrogen and oxygen atoms in total. The second-order valence-corrected chi connectivity index (χ2v) is 7.97. The number of morpholine rings is 1. The van der Waals surface area contributed by atoms with Gasteiger partial charge in [0.25, 0.3) is 5.91 Å². The molecule has 0 bridgehead atoms. The highest BCUT2D eigenvalue weighted by Crippen LogP contribution is 2.32. The highest BCUT2D eigenvalue weighted by atomic mass is 32.1. The minimum absolute atomic E-state index is 0.0152. The molecule has 152 valence electrons. The predicted octanol–water partition coefficient (Wildman–Crippen LogP) is 3.67. The third kappa shape index (κ3) is 4.75. The van der Waals surface area contributed by atoms with Crippen molar-refractivity contribution >= 4 is 32.6 Å². The molecule has 0 atom stereocenters. The van der Waals surface area contributed by atoms with Crippen LogP contribution in [0.5, 0.6) is 5.75 Å². The van der Waals surface area contributed by atoms with Crippen molar-refractivity contribution in [1.82, 2.24) is 9.88 Å². The summed E-state index contributed by atoms with van der Waals surface area (Å²) in [5, 5.41) is 0.726. The van der Waals surface area contributed by atoms with Gasteiger partial charge < -0.3 is 9.47 Å². The summed E-state index contributed by atoms with van der Waals surface area (Å²) in [4.78, 5) is 22.2. The maximum absolute atomic E-state index is 13.3. The van der Waals surface area contributed by atoms with E-state index in [1.54, 1.807) is 7.11 Å². The van der Waals surface area contributed by atoms with E-state index in [-0.39, 0.29) is 5.91 Å². The third-order valence-corrected chi connectivity index (χ3v) is 6.08. The topological polar surface area (TPSA) is 54.9 Å². The molecule has 3 aromatic rings. The van der Waals surface area contributed by atoms with Gasteiger partial charge in [-0.15, -0.1) is 0 Å². The number of ether oxygens (including phenoxy) is 2. The van der Waals surface area contributed by atoms with Gasteiger partial charge in [-0.05, 0) is 36.8 Å². The number of thiazole rings is 1. The van der Waals surface area contributed by atoms with Gasteiger partial charge in [0.05, 0.1) is 30.5 Å². The van der Waals surface area contributed by atoms with Crippen molar-refractivity contribution in [3.05, 3.63) is 54.1 Å². The van der Waals surface area contributed by atoms with Gasteiger partial charge in [-0.3, -0.25) is 14.6 Å². The fourth-order valence-corrected chi connectivity index (χ4v) is 4.45. The number of carbonyl (C=O) groups is 1. The molecule has 0 aliphatic carbocycles. The Hall–Kier alpha value is -2.48. The van der Waals surface area contributed by atoms with Crippen molar-refractivity contribution in [2.75, 3.05) is 51.4 Å². The van der Waals surface area contributed by atoms with Crippen molar-refractivity contribution in [3.8, 4) is 5.75 Å². The fraction of sp³-hybridized carbons (Fsp3) is 0.364. The quantitative estimate of drug-likeness (QED) is 0.594. The Morgan fingerprint density at radius 1 is 1.21 bits per heavy atom. The van der Waals surface area contributed by atoms with Gasteiger partial charge in [-0.2, -0.15) is 0 Å². The molecule has 7 heteroatoms. The zero-order valence-corrected chi connectivity index (χ0v) is 17.4. The molecule has 1 aliphatic heterocycles. The van der Waals surface area contributed by atoms with Crippen LogP contribution in [0, 0.1) is 0 Å². The number of hydrogen-bond acceptors (Lipinski definition) is 6. The molecule has 29 heavy (non-hydrogen) atoms. The smallest absolute Gasteiger partial charge is 0.260 e. The average Bonchev–Trinajstić information content (AvgIpc) is 3.20. The number of methoxy groups -OCH3 is 1. The lowest BCUT2D eigenvalue weighted by Crippen LogP contribution is -2.39. The number of rotatable bonds is 7. The fourth-order valence-electron chi connectivity index (χ4n) is 3.43. The number of hydrogen-bond donors (Lipinski definition) is 0. The molecular weight excluding hydrogens is 386 g/mol. The lowest BCUT2D eigenvalue weighted by molar-refractivity contribution is 0.0376. The van der Waals surface area contributed by atoms with Crippen molar-refractivity contribution in [2.24, 2.45) is 0 Å². The standard InChI is InChI=1S/C22H25N3O3S/c1-27-18-8-9-19-20(16-18)29-22(23-19)25(21(26)17-6-3-2-4-7-17)11-5-10-24-12-14-28-15-13-24/h2-4,6-9,16H,5,10-15H2,1H3. The van der Waals surface area contributed by atoms with Crippen molar-refractivity contribution in [3.63, 3.8) is 0 Å². The molecule has 0 radical (unpaired) electrons. The first-order valence-electron chi connectivity index (χ1n) is 9.86. The number of anilines is 1. The molecule has 4 rings (SSSR count). The van der Waals surface area contributed by atoms with Gasteiger partial charge in [-0.25, -0.2) is 4.98 Å². The van der Waals surface area contributed by atoms with Crippen LogP contribution in [-0.4, -0.2) is 62.3 Å². The second kappa shape index (κ2) is 9.35. The molecule has 0 unspecified atom stereocenters. The molecule has 2 heterocycles. The van der Waals surface area contributed by atoms with E-state index in [0.29, 0.717) is 12.1 Å². The molecule has 1 aliphatic rings. The number of amides is 1. The minimum Gasteiger partial charge on any atom is -0.497 e. The summed E-state index contributed by atoms with van der Waals surface area (Å²) in [6.07, 6.45) is 0.887. The maximum Gasteiger partial charge on any atom is 0.260 e. The first-order chi connectivity index (χ1) is 14.2. The summed E-state index contributed by atoms with van der Waals surface area (Å²) < 4.78 is 11.8. The molecule has 1 amide bonds. The van der Waals surface area contributed by atoms with Crippen LogP contribution in [0.1, 0.15) is 16.8 Å². The van der Waals surface area contributed by atoms with Crippen LogP contribution in [0.2, 0.25) is 0 Å². The zero-order valence-electron chi connectivity index (χ0n) is 16.5. The summed E-state index contributed by atoms with van der Waals surface area (Å²) in [6, 6.07) is 15.2. The second-order valence-electron chi connectivity index (χ2n) is 6.96. The summed E-state index contributed by atoms with van der Waals surface area (Å²) >= 11 is 1.52. The van der Waals surface area contributed by atoms with E-state index in [9.17, 15) is 4.79 Å².